The van der Waals surface area contributed by atoms with Gasteiger partial charge in [-0.25, -0.2) is 4.39 Å². The summed E-state index contributed by atoms with van der Waals surface area (Å²) in [5, 5.41) is 0. The van der Waals surface area contributed by atoms with Gasteiger partial charge in [0.2, 0.25) is 0 Å². The Morgan fingerprint density at radius 2 is 1.95 bits per heavy atom. The highest BCUT2D eigenvalue weighted by Crippen LogP contribution is 2.43. The van der Waals surface area contributed by atoms with Gasteiger partial charge in [-0.1, -0.05) is 42.8 Å². The van der Waals surface area contributed by atoms with Crippen molar-refractivity contribution in [3.8, 4) is 0 Å². The van der Waals surface area contributed by atoms with E-state index in [0.29, 0.717) is 20.6 Å². The molecule has 0 saturated heterocycles. The van der Waals surface area contributed by atoms with Crippen molar-refractivity contribution in [3.63, 3.8) is 0 Å². The van der Waals surface area contributed by atoms with Crippen molar-refractivity contribution in [2.45, 2.75) is 51.3 Å². The Balaban J connectivity index is 2.08. The molecule has 0 aliphatic heterocycles. The van der Waals surface area contributed by atoms with Gasteiger partial charge in [-0.15, -0.1) is 0 Å². The first kappa shape index (κ1) is 16.5. The molecule has 0 nitrogen and oxygen atoms in total. The first-order chi connectivity index (χ1) is 9.27. The Bertz CT molecular complexity index is 465. The van der Waals surface area contributed by atoms with Crippen LogP contribution >= 0.6 is 31.9 Å². The van der Waals surface area contributed by atoms with Crippen LogP contribution in [0.15, 0.2) is 22.7 Å². The normalized spacial score (nSPS) is 27.6. The fourth-order valence-corrected chi connectivity index (χ4v) is 4.29. The summed E-state index contributed by atoms with van der Waals surface area (Å²) in [5.41, 5.74) is 1.61. The first-order valence-electron chi connectivity index (χ1n) is 7.35. The zero-order chi connectivity index (χ0) is 14.9. The van der Waals surface area contributed by atoms with E-state index in [1.807, 2.05) is 12.1 Å². The highest BCUT2D eigenvalue weighted by molar-refractivity contribution is 9.10. The van der Waals surface area contributed by atoms with E-state index < -0.39 is 0 Å². The largest absolute Gasteiger partial charge is 0.206 e. The lowest BCUT2D eigenvalue weighted by Gasteiger charge is -2.40. The van der Waals surface area contributed by atoms with Crippen LogP contribution in [-0.4, -0.2) is 4.83 Å². The third-order valence-electron chi connectivity index (χ3n) is 4.60. The molecule has 0 amide bonds. The summed E-state index contributed by atoms with van der Waals surface area (Å²) < 4.78 is 13.9. The molecule has 1 aromatic rings. The van der Waals surface area contributed by atoms with E-state index in [1.54, 1.807) is 6.07 Å². The van der Waals surface area contributed by atoms with Crippen LogP contribution in [0.1, 0.15) is 45.6 Å². The molecule has 0 spiro atoms. The van der Waals surface area contributed by atoms with Gasteiger partial charge in [-0.05, 0) is 76.6 Å². The van der Waals surface area contributed by atoms with Crippen LogP contribution in [0.5, 0.6) is 0 Å². The van der Waals surface area contributed by atoms with Gasteiger partial charge in [0.25, 0.3) is 0 Å². The van der Waals surface area contributed by atoms with Crippen LogP contribution in [0.4, 0.5) is 4.39 Å². The third-order valence-corrected chi connectivity index (χ3v) is 6.41. The molecule has 3 heteroatoms. The lowest BCUT2D eigenvalue weighted by Crippen LogP contribution is -2.33. The molecule has 3 atom stereocenters. The maximum Gasteiger partial charge on any atom is 0.137 e. The van der Waals surface area contributed by atoms with E-state index in [0.717, 1.165) is 12.3 Å². The Hall–Kier alpha value is 0.110. The SMILES string of the molecule is CC(C)(C)C1CCC(Br)C(Cc2ccc(F)c(Br)c2)C1. The van der Waals surface area contributed by atoms with Crippen LogP contribution in [0, 0.1) is 23.1 Å². The second-order valence-electron chi connectivity index (χ2n) is 7.10. The summed E-state index contributed by atoms with van der Waals surface area (Å²) in [5.74, 6) is 1.25. The first-order valence-corrected chi connectivity index (χ1v) is 9.06. The average Bonchev–Trinajstić information content (AvgIpc) is 2.35. The Labute approximate surface area is 138 Å². The molecular formula is C17H23Br2F. The Morgan fingerprint density at radius 1 is 1.25 bits per heavy atom. The summed E-state index contributed by atoms with van der Waals surface area (Å²) in [6.07, 6.45) is 4.84. The molecule has 1 saturated carbocycles. The van der Waals surface area contributed by atoms with E-state index in [1.165, 1.54) is 24.8 Å². The quantitative estimate of drug-likeness (QED) is 0.502. The van der Waals surface area contributed by atoms with Gasteiger partial charge in [-0.2, -0.15) is 0 Å². The summed E-state index contributed by atoms with van der Waals surface area (Å²) >= 11 is 7.14. The highest BCUT2D eigenvalue weighted by atomic mass is 79.9. The highest BCUT2D eigenvalue weighted by Gasteiger charge is 2.34. The number of alkyl halides is 1. The molecule has 0 heterocycles. The Morgan fingerprint density at radius 3 is 2.55 bits per heavy atom. The number of benzene rings is 1. The number of rotatable bonds is 2. The molecular weight excluding hydrogens is 383 g/mol. The summed E-state index contributed by atoms with van der Waals surface area (Å²) in [6.45, 7) is 7.04. The molecule has 1 fully saturated rings. The van der Waals surface area contributed by atoms with Crippen molar-refractivity contribution in [2.24, 2.45) is 17.3 Å². The van der Waals surface area contributed by atoms with E-state index >= 15 is 0 Å². The topological polar surface area (TPSA) is 0 Å². The van der Waals surface area contributed by atoms with Crippen molar-refractivity contribution in [3.05, 3.63) is 34.1 Å². The van der Waals surface area contributed by atoms with Gasteiger partial charge < -0.3 is 0 Å². The molecule has 0 N–H and O–H groups in total. The van der Waals surface area contributed by atoms with Crippen LogP contribution < -0.4 is 0 Å². The van der Waals surface area contributed by atoms with Crippen molar-refractivity contribution in [1.29, 1.82) is 0 Å². The predicted octanol–water partition coefficient (Wildman–Crippen LogP) is 6.36. The van der Waals surface area contributed by atoms with Crippen LogP contribution in [-0.2, 0) is 6.42 Å². The van der Waals surface area contributed by atoms with Crippen LogP contribution in [0.2, 0.25) is 0 Å². The number of hydrogen-bond acceptors (Lipinski definition) is 0. The van der Waals surface area contributed by atoms with Gasteiger partial charge >= 0.3 is 0 Å². The average molecular weight is 406 g/mol. The molecule has 1 aliphatic rings. The van der Waals surface area contributed by atoms with Gasteiger partial charge in [0.15, 0.2) is 0 Å². The second kappa shape index (κ2) is 6.48. The minimum absolute atomic E-state index is 0.180. The van der Waals surface area contributed by atoms with Crippen LogP contribution in [0.25, 0.3) is 0 Å². The molecule has 1 aliphatic carbocycles. The lowest BCUT2D eigenvalue weighted by atomic mass is 9.68. The van der Waals surface area contributed by atoms with Gasteiger partial charge in [0, 0.05) is 4.83 Å². The smallest absolute Gasteiger partial charge is 0.137 e. The third kappa shape index (κ3) is 4.07. The summed E-state index contributed by atoms with van der Waals surface area (Å²) in [7, 11) is 0. The molecule has 0 aromatic heterocycles. The molecule has 2 rings (SSSR count). The number of hydrogen-bond donors (Lipinski definition) is 0. The maximum atomic E-state index is 13.3. The molecule has 3 unspecified atom stereocenters. The monoisotopic (exact) mass is 404 g/mol. The van der Waals surface area contributed by atoms with Crippen molar-refractivity contribution in [2.75, 3.05) is 0 Å². The zero-order valence-electron chi connectivity index (χ0n) is 12.4. The molecule has 0 bridgehead atoms. The fourth-order valence-electron chi connectivity index (χ4n) is 3.19. The predicted molar refractivity (Wildman–Crippen MR) is 90.8 cm³/mol. The summed E-state index contributed by atoms with van der Waals surface area (Å²) in [4.78, 5) is 0.588. The van der Waals surface area contributed by atoms with E-state index in [4.69, 9.17) is 0 Å². The Kier molecular flexibility index (Phi) is 5.34. The van der Waals surface area contributed by atoms with Crippen molar-refractivity contribution >= 4 is 31.9 Å². The van der Waals surface area contributed by atoms with E-state index in [9.17, 15) is 4.39 Å². The van der Waals surface area contributed by atoms with Gasteiger partial charge in [0.05, 0.1) is 4.47 Å². The molecule has 0 radical (unpaired) electrons. The van der Waals surface area contributed by atoms with Crippen molar-refractivity contribution in [1.82, 2.24) is 0 Å². The van der Waals surface area contributed by atoms with Crippen LogP contribution in [0.3, 0.4) is 0 Å². The number of halogens is 3. The fraction of sp³-hybridized carbons (Fsp3) is 0.647. The molecule has 112 valence electrons. The molecule has 1 aromatic carbocycles. The van der Waals surface area contributed by atoms with Gasteiger partial charge in [0.1, 0.15) is 5.82 Å². The molecule has 20 heavy (non-hydrogen) atoms. The minimum atomic E-state index is -0.180. The van der Waals surface area contributed by atoms with Crippen molar-refractivity contribution < 1.29 is 4.39 Å². The minimum Gasteiger partial charge on any atom is -0.206 e. The second-order valence-corrected chi connectivity index (χ2v) is 9.14. The standard InChI is InChI=1S/C17H23Br2F/c1-17(2,3)13-5-6-14(18)12(10-13)8-11-4-7-16(20)15(19)9-11/h4,7,9,12-14H,5-6,8,10H2,1-3H3. The van der Waals surface area contributed by atoms with E-state index in [2.05, 4.69) is 52.6 Å². The van der Waals surface area contributed by atoms with E-state index in [-0.39, 0.29) is 5.82 Å². The maximum absolute atomic E-state index is 13.3. The summed E-state index contributed by atoms with van der Waals surface area (Å²) in [6, 6.07) is 5.41. The zero-order valence-corrected chi connectivity index (χ0v) is 15.6. The lowest BCUT2D eigenvalue weighted by molar-refractivity contribution is 0.146. The van der Waals surface area contributed by atoms with Gasteiger partial charge in [-0.3, -0.25) is 0 Å².